The van der Waals surface area contributed by atoms with Gasteiger partial charge in [-0.3, -0.25) is 14.3 Å². The number of hydrogen-bond acceptors (Lipinski definition) is 8. The van der Waals surface area contributed by atoms with Gasteiger partial charge in [-0.05, 0) is 37.1 Å². The molecule has 1 amide bonds. The highest BCUT2D eigenvalue weighted by Gasteiger charge is 2.34. The second-order valence-corrected chi connectivity index (χ2v) is 9.70. The van der Waals surface area contributed by atoms with Crippen LogP contribution in [0, 0.1) is 0 Å². The van der Waals surface area contributed by atoms with Gasteiger partial charge < -0.3 is 14.2 Å². The number of para-hydroxylation sites is 1. The van der Waals surface area contributed by atoms with Crippen LogP contribution >= 0.6 is 11.3 Å². The number of carbonyl (C=O) groups is 1. The third-order valence-electron chi connectivity index (χ3n) is 6.48. The Bertz CT molecular complexity index is 1480. The van der Waals surface area contributed by atoms with Crippen molar-refractivity contribution in [2.75, 3.05) is 20.8 Å². The molecule has 2 aromatic carbocycles. The first kappa shape index (κ1) is 24.8. The lowest BCUT2D eigenvalue weighted by atomic mass is 10.2. The number of carbonyl (C=O) groups excluding carboxylic acids is 1. The number of amides is 1. The number of thiazole rings is 1. The standard InChI is InChI=1S/C27H28N4O5S/c1-4-22-28-25-23(26(32)31(22)16-17-12-13-19(34-2)15-21(17)35-3)29-24(37-25)20-11-8-14-30(20)27(33)36-18-9-6-5-7-10-18/h5-7,9-10,12-13,15,20H,4,8,11,14,16H2,1-3H3. The van der Waals surface area contributed by atoms with Crippen molar-refractivity contribution in [2.24, 2.45) is 0 Å². The maximum atomic E-state index is 13.6. The van der Waals surface area contributed by atoms with E-state index < -0.39 is 6.09 Å². The second-order valence-electron chi connectivity index (χ2n) is 8.69. The van der Waals surface area contributed by atoms with Crippen LogP contribution in [0.25, 0.3) is 10.3 Å². The van der Waals surface area contributed by atoms with Crippen molar-refractivity contribution in [1.82, 2.24) is 19.4 Å². The van der Waals surface area contributed by atoms with E-state index in [1.54, 1.807) is 41.9 Å². The van der Waals surface area contributed by atoms with Crippen LogP contribution in [-0.2, 0) is 13.0 Å². The molecule has 192 valence electrons. The van der Waals surface area contributed by atoms with Crippen LogP contribution in [0.1, 0.15) is 42.2 Å². The Kier molecular flexibility index (Phi) is 7.09. The summed E-state index contributed by atoms with van der Waals surface area (Å²) in [6.07, 6.45) is 1.75. The van der Waals surface area contributed by atoms with Gasteiger partial charge in [0.25, 0.3) is 5.56 Å². The van der Waals surface area contributed by atoms with E-state index in [-0.39, 0.29) is 11.6 Å². The van der Waals surface area contributed by atoms with Crippen molar-refractivity contribution < 1.29 is 19.0 Å². The molecule has 1 atom stereocenters. The Hall–Kier alpha value is -3.92. The molecule has 1 saturated heterocycles. The van der Waals surface area contributed by atoms with Gasteiger partial charge in [0.05, 0.1) is 26.8 Å². The van der Waals surface area contributed by atoms with Gasteiger partial charge in [0.1, 0.15) is 28.1 Å². The highest BCUT2D eigenvalue weighted by molar-refractivity contribution is 7.18. The minimum Gasteiger partial charge on any atom is -0.497 e. The van der Waals surface area contributed by atoms with Crippen molar-refractivity contribution in [1.29, 1.82) is 0 Å². The Labute approximate surface area is 218 Å². The van der Waals surface area contributed by atoms with E-state index in [1.165, 1.54) is 11.3 Å². The number of aromatic nitrogens is 3. The van der Waals surface area contributed by atoms with E-state index in [9.17, 15) is 9.59 Å². The number of rotatable bonds is 7. The van der Waals surface area contributed by atoms with Crippen molar-refractivity contribution in [3.63, 3.8) is 0 Å². The summed E-state index contributed by atoms with van der Waals surface area (Å²) in [4.78, 5) is 38.3. The molecule has 9 nitrogen and oxygen atoms in total. The highest BCUT2D eigenvalue weighted by atomic mass is 32.1. The zero-order chi connectivity index (χ0) is 25.9. The van der Waals surface area contributed by atoms with E-state index in [0.717, 1.165) is 18.4 Å². The maximum absolute atomic E-state index is 13.6. The van der Waals surface area contributed by atoms with E-state index in [4.69, 9.17) is 24.2 Å². The normalized spacial score (nSPS) is 15.2. The summed E-state index contributed by atoms with van der Waals surface area (Å²) in [6.45, 7) is 2.83. The Morgan fingerprint density at radius 1 is 1.08 bits per heavy atom. The molecule has 1 unspecified atom stereocenters. The third kappa shape index (κ3) is 4.89. The van der Waals surface area contributed by atoms with E-state index >= 15 is 0 Å². The van der Waals surface area contributed by atoms with Crippen LogP contribution < -0.4 is 19.8 Å². The number of benzene rings is 2. The van der Waals surface area contributed by atoms with Gasteiger partial charge >= 0.3 is 6.09 Å². The third-order valence-corrected chi connectivity index (χ3v) is 7.53. The first-order valence-electron chi connectivity index (χ1n) is 12.2. The van der Waals surface area contributed by atoms with Crippen LogP contribution in [0.3, 0.4) is 0 Å². The summed E-state index contributed by atoms with van der Waals surface area (Å²) in [5.41, 5.74) is 0.939. The average molecular weight is 521 g/mol. The smallest absolute Gasteiger partial charge is 0.415 e. The lowest BCUT2D eigenvalue weighted by Crippen LogP contribution is -2.33. The summed E-state index contributed by atoms with van der Waals surface area (Å²) >= 11 is 1.37. The van der Waals surface area contributed by atoms with Crippen molar-refractivity contribution in [2.45, 2.75) is 38.8 Å². The first-order valence-corrected chi connectivity index (χ1v) is 13.0. The largest absolute Gasteiger partial charge is 0.497 e. The molecule has 37 heavy (non-hydrogen) atoms. The van der Waals surface area contributed by atoms with Crippen LogP contribution in [-0.4, -0.2) is 46.3 Å². The van der Waals surface area contributed by atoms with Crippen molar-refractivity contribution >= 4 is 27.8 Å². The number of fused-ring (bicyclic) bond motifs is 1. The Morgan fingerprint density at radius 2 is 1.89 bits per heavy atom. The zero-order valence-corrected chi connectivity index (χ0v) is 21.8. The summed E-state index contributed by atoms with van der Waals surface area (Å²) in [6, 6.07) is 14.3. The van der Waals surface area contributed by atoms with Crippen LogP contribution in [0.2, 0.25) is 0 Å². The second kappa shape index (κ2) is 10.6. The quantitative estimate of drug-likeness (QED) is 0.345. The molecule has 1 aliphatic rings. The van der Waals surface area contributed by atoms with Crippen LogP contribution in [0.5, 0.6) is 17.2 Å². The maximum Gasteiger partial charge on any atom is 0.415 e. The van der Waals surface area contributed by atoms with Crippen LogP contribution in [0.15, 0.2) is 53.3 Å². The topological polar surface area (TPSA) is 95.8 Å². The van der Waals surface area contributed by atoms with Gasteiger partial charge in [-0.2, -0.15) is 0 Å². The van der Waals surface area contributed by atoms with Gasteiger partial charge in [-0.25, -0.2) is 14.8 Å². The lowest BCUT2D eigenvalue weighted by molar-refractivity contribution is 0.147. The fourth-order valence-corrected chi connectivity index (χ4v) is 5.68. The number of likely N-dealkylation sites (tertiary alicyclic amines) is 1. The molecule has 0 bridgehead atoms. The summed E-state index contributed by atoms with van der Waals surface area (Å²) in [7, 11) is 3.19. The SMILES string of the molecule is CCc1nc2sc(C3CCCN3C(=O)Oc3ccccc3)nc2c(=O)n1Cc1ccc(OC)cc1OC. The molecular weight excluding hydrogens is 492 g/mol. The summed E-state index contributed by atoms with van der Waals surface area (Å²) in [5.74, 6) is 2.46. The minimum atomic E-state index is -0.417. The van der Waals surface area contributed by atoms with E-state index in [2.05, 4.69) is 0 Å². The molecular formula is C27H28N4O5S. The zero-order valence-electron chi connectivity index (χ0n) is 21.0. The first-order chi connectivity index (χ1) is 18.0. The molecule has 0 aliphatic carbocycles. The van der Waals surface area contributed by atoms with Gasteiger partial charge in [-0.1, -0.05) is 36.5 Å². The molecule has 5 rings (SSSR count). The van der Waals surface area contributed by atoms with Gasteiger partial charge in [0, 0.05) is 24.6 Å². The molecule has 0 radical (unpaired) electrons. The van der Waals surface area contributed by atoms with Crippen LogP contribution in [0.4, 0.5) is 4.79 Å². The molecule has 0 N–H and O–H groups in total. The van der Waals surface area contributed by atoms with E-state index in [1.807, 2.05) is 37.3 Å². The summed E-state index contributed by atoms with van der Waals surface area (Å²) in [5, 5.41) is 0.698. The molecule has 1 fully saturated rings. The molecule has 2 aromatic heterocycles. The van der Waals surface area contributed by atoms with Crippen molar-refractivity contribution in [3.8, 4) is 17.2 Å². The molecule has 0 spiro atoms. The molecule has 3 heterocycles. The Balaban J connectivity index is 1.47. The number of nitrogens with zero attached hydrogens (tertiary/aromatic N) is 4. The number of ether oxygens (including phenoxy) is 3. The number of aryl methyl sites for hydroxylation is 1. The van der Waals surface area contributed by atoms with E-state index in [0.29, 0.717) is 57.9 Å². The fourth-order valence-electron chi connectivity index (χ4n) is 4.58. The minimum absolute atomic E-state index is 0.210. The molecule has 1 aliphatic heterocycles. The fraction of sp³-hybridized carbons (Fsp3) is 0.333. The number of methoxy groups -OCH3 is 2. The van der Waals surface area contributed by atoms with Gasteiger partial charge in [0.2, 0.25) is 0 Å². The monoisotopic (exact) mass is 520 g/mol. The molecule has 10 heteroatoms. The lowest BCUT2D eigenvalue weighted by Gasteiger charge is -2.22. The molecule has 0 saturated carbocycles. The highest BCUT2D eigenvalue weighted by Crippen LogP contribution is 2.36. The molecule has 4 aromatic rings. The van der Waals surface area contributed by atoms with Gasteiger partial charge in [0.15, 0.2) is 10.3 Å². The van der Waals surface area contributed by atoms with Crippen molar-refractivity contribution in [3.05, 3.63) is 75.3 Å². The number of hydrogen-bond donors (Lipinski definition) is 0. The Morgan fingerprint density at radius 3 is 2.62 bits per heavy atom. The predicted octanol–water partition coefficient (Wildman–Crippen LogP) is 4.82. The predicted molar refractivity (Wildman–Crippen MR) is 141 cm³/mol. The average Bonchev–Trinajstić information content (AvgIpc) is 3.58. The summed E-state index contributed by atoms with van der Waals surface area (Å²) < 4.78 is 18.0. The van der Waals surface area contributed by atoms with Gasteiger partial charge in [-0.15, -0.1) is 0 Å².